The lowest BCUT2D eigenvalue weighted by Gasteiger charge is -2.26. The van der Waals surface area contributed by atoms with Gasteiger partial charge in [-0.25, -0.2) is 0 Å². The third kappa shape index (κ3) is 3.89. The third-order valence-electron chi connectivity index (χ3n) is 5.87. The van der Waals surface area contributed by atoms with Crippen molar-refractivity contribution in [3.63, 3.8) is 0 Å². The predicted molar refractivity (Wildman–Crippen MR) is 132 cm³/mol. The Morgan fingerprint density at radius 2 is 1.48 bits per heavy atom. The van der Waals surface area contributed by atoms with Gasteiger partial charge in [0.15, 0.2) is 0 Å². The first-order valence-corrected chi connectivity index (χ1v) is 10.8. The van der Waals surface area contributed by atoms with Gasteiger partial charge in [0.2, 0.25) is 0 Å². The molecule has 0 saturated carbocycles. The lowest BCUT2D eigenvalue weighted by Crippen LogP contribution is -2.30. The molecule has 33 heavy (non-hydrogen) atoms. The van der Waals surface area contributed by atoms with Crippen LogP contribution in [0.2, 0.25) is 0 Å². The Kier molecular flexibility index (Phi) is 5.45. The summed E-state index contributed by atoms with van der Waals surface area (Å²) in [6.07, 6.45) is 1.99. The van der Waals surface area contributed by atoms with E-state index in [0.717, 1.165) is 33.5 Å². The molecule has 0 fully saturated rings. The summed E-state index contributed by atoms with van der Waals surface area (Å²) < 4.78 is 10.8. The second-order valence-electron chi connectivity index (χ2n) is 7.83. The van der Waals surface area contributed by atoms with E-state index in [0.29, 0.717) is 11.4 Å². The molecule has 0 radical (unpaired) electrons. The van der Waals surface area contributed by atoms with Crippen LogP contribution >= 0.6 is 0 Å². The summed E-state index contributed by atoms with van der Waals surface area (Å²) in [5.41, 5.74) is 3.14. The second-order valence-corrected chi connectivity index (χ2v) is 7.83. The Bertz CT molecular complexity index is 1360. The van der Waals surface area contributed by atoms with Gasteiger partial charge in [0.25, 0.3) is 5.91 Å². The van der Waals surface area contributed by atoms with E-state index in [9.17, 15) is 4.79 Å². The number of methoxy groups -OCH3 is 2. The fraction of sp³-hybridized carbons (Fsp3) is 0.107. The van der Waals surface area contributed by atoms with E-state index in [-0.39, 0.29) is 11.9 Å². The molecule has 1 aliphatic rings. The highest BCUT2D eigenvalue weighted by Gasteiger charge is 2.35. The zero-order valence-electron chi connectivity index (χ0n) is 18.5. The maximum Gasteiger partial charge on any atom is 0.275 e. The summed E-state index contributed by atoms with van der Waals surface area (Å²) in [7, 11) is 3.25. The standard InChI is InChI=1S/C28H24N2O3/c1-32-22-12-6-10-20(16-22)29-26-18-27(25-15-5-9-19-8-3-4-14-24(19)25)30(28(26)31)21-11-7-13-23(17-21)33-2/h3-18,27,29H,1-2H3/t27-/m0/s1. The molecule has 0 bridgehead atoms. The number of benzene rings is 4. The molecule has 0 saturated heterocycles. The molecule has 1 N–H and O–H groups in total. The molecule has 0 aromatic heterocycles. The minimum absolute atomic E-state index is 0.107. The lowest BCUT2D eigenvalue weighted by molar-refractivity contribution is -0.114. The largest absolute Gasteiger partial charge is 0.497 e. The molecular weight excluding hydrogens is 412 g/mol. The zero-order chi connectivity index (χ0) is 22.8. The summed E-state index contributed by atoms with van der Waals surface area (Å²) in [5, 5.41) is 5.55. The molecule has 0 unspecified atom stereocenters. The highest BCUT2D eigenvalue weighted by atomic mass is 16.5. The van der Waals surface area contributed by atoms with Gasteiger partial charge in [-0.05, 0) is 46.7 Å². The van der Waals surface area contributed by atoms with Crippen molar-refractivity contribution in [1.82, 2.24) is 0 Å². The highest BCUT2D eigenvalue weighted by Crippen LogP contribution is 2.39. The van der Waals surface area contributed by atoms with E-state index in [2.05, 4.69) is 29.6 Å². The quantitative estimate of drug-likeness (QED) is 0.406. The van der Waals surface area contributed by atoms with Gasteiger partial charge in [-0.15, -0.1) is 0 Å². The van der Waals surface area contributed by atoms with Crippen molar-refractivity contribution in [3.8, 4) is 11.5 Å². The number of carbonyl (C=O) groups is 1. The topological polar surface area (TPSA) is 50.8 Å². The Morgan fingerprint density at radius 3 is 2.30 bits per heavy atom. The first kappa shape index (κ1) is 20.6. The van der Waals surface area contributed by atoms with Crippen LogP contribution in [0.25, 0.3) is 10.8 Å². The Morgan fingerprint density at radius 1 is 0.788 bits per heavy atom. The first-order chi connectivity index (χ1) is 16.2. The van der Waals surface area contributed by atoms with Crippen LogP contribution in [0.3, 0.4) is 0 Å². The zero-order valence-corrected chi connectivity index (χ0v) is 18.5. The fourth-order valence-corrected chi connectivity index (χ4v) is 4.29. The van der Waals surface area contributed by atoms with Gasteiger partial charge in [-0.3, -0.25) is 9.69 Å². The molecule has 4 aromatic carbocycles. The monoisotopic (exact) mass is 436 g/mol. The molecule has 4 aromatic rings. The van der Waals surface area contributed by atoms with Crippen LogP contribution in [0.5, 0.6) is 11.5 Å². The maximum absolute atomic E-state index is 13.7. The number of ether oxygens (including phenoxy) is 2. The summed E-state index contributed by atoms with van der Waals surface area (Å²) in [6.45, 7) is 0. The average molecular weight is 437 g/mol. The van der Waals surface area contributed by atoms with Gasteiger partial charge in [0, 0.05) is 23.5 Å². The number of fused-ring (bicyclic) bond motifs is 1. The number of amides is 1. The Hall–Kier alpha value is -4.25. The predicted octanol–water partition coefficient (Wildman–Crippen LogP) is 5.94. The molecule has 1 amide bonds. The van der Waals surface area contributed by atoms with Gasteiger partial charge in [0.05, 0.1) is 20.3 Å². The van der Waals surface area contributed by atoms with E-state index in [1.165, 1.54) is 0 Å². The van der Waals surface area contributed by atoms with Crippen molar-refractivity contribution in [3.05, 3.63) is 108 Å². The molecular formula is C28H24N2O3. The van der Waals surface area contributed by atoms with Gasteiger partial charge >= 0.3 is 0 Å². The summed E-state index contributed by atoms with van der Waals surface area (Å²) >= 11 is 0. The molecule has 0 aliphatic carbocycles. The SMILES string of the molecule is COc1cccc(NC2=C[C@@H](c3cccc4ccccc34)N(c3cccc(OC)c3)C2=O)c1. The van der Waals surface area contributed by atoms with Crippen LogP contribution in [0.1, 0.15) is 11.6 Å². The van der Waals surface area contributed by atoms with Crippen molar-refractivity contribution in [2.45, 2.75) is 6.04 Å². The molecule has 1 atom stereocenters. The summed E-state index contributed by atoms with van der Waals surface area (Å²) in [6, 6.07) is 29.3. The molecule has 1 aliphatic heterocycles. The number of nitrogens with zero attached hydrogens (tertiary/aromatic N) is 1. The normalized spacial score (nSPS) is 15.5. The van der Waals surface area contributed by atoms with Crippen molar-refractivity contribution >= 4 is 28.1 Å². The maximum atomic E-state index is 13.7. The number of anilines is 2. The van der Waals surface area contributed by atoms with Gasteiger partial charge < -0.3 is 14.8 Å². The summed E-state index contributed by atoms with van der Waals surface area (Å²) in [5.74, 6) is 1.32. The van der Waals surface area contributed by atoms with Crippen LogP contribution in [0.4, 0.5) is 11.4 Å². The molecule has 5 rings (SSSR count). The number of rotatable bonds is 6. The molecule has 0 spiro atoms. The van der Waals surface area contributed by atoms with Gasteiger partial charge in [0.1, 0.15) is 17.2 Å². The average Bonchev–Trinajstić information content (AvgIpc) is 3.19. The number of hydrogen-bond donors (Lipinski definition) is 1. The van der Waals surface area contributed by atoms with Crippen molar-refractivity contribution in [2.24, 2.45) is 0 Å². The van der Waals surface area contributed by atoms with E-state index in [1.807, 2.05) is 77.7 Å². The van der Waals surface area contributed by atoms with E-state index in [1.54, 1.807) is 14.2 Å². The van der Waals surface area contributed by atoms with Crippen molar-refractivity contribution in [1.29, 1.82) is 0 Å². The Balaban J connectivity index is 1.62. The number of nitrogens with one attached hydrogen (secondary N) is 1. The molecule has 5 heteroatoms. The van der Waals surface area contributed by atoms with Crippen LogP contribution in [0.15, 0.2) is 103 Å². The number of carbonyl (C=O) groups excluding carboxylic acids is 1. The smallest absolute Gasteiger partial charge is 0.275 e. The highest BCUT2D eigenvalue weighted by molar-refractivity contribution is 6.11. The molecule has 5 nitrogen and oxygen atoms in total. The molecule has 1 heterocycles. The van der Waals surface area contributed by atoms with Gasteiger partial charge in [-0.2, -0.15) is 0 Å². The first-order valence-electron chi connectivity index (χ1n) is 10.8. The minimum atomic E-state index is -0.274. The van der Waals surface area contributed by atoms with Crippen LogP contribution in [0, 0.1) is 0 Å². The van der Waals surface area contributed by atoms with E-state index in [4.69, 9.17) is 9.47 Å². The second kappa shape index (κ2) is 8.71. The van der Waals surface area contributed by atoms with Crippen LogP contribution in [-0.2, 0) is 4.79 Å². The molecule has 164 valence electrons. The minimum Gasteiger partial charge on any atom is -0.497 e. The summed E-state index contributed by atoms with van der Waals surface area (Å²) in [4.78, 5) is 15.5. The fourth-order valence-electron chi connectivity index (χ4n) is 4.29. The van der Waals surface area contributed by atoms with Crippen molar-refractivity contribution in [2.75, 3.05) is 24.4 Å². The van der Waals surface area contributed by atoms with Crippen molar-refractivity contribution < 1.29 is 14.3 Å². The lowest BCUT2D eigenvalue weighted by atomic mass is 9.98. The van der Waals surface area contributed by atoms with Crippen LogP contribution in [-0.4, -0.2) is 20.1 Å². The van der Waals surface area contributed by atoms with Crippen LogP contribution < -0.4 is 19.7 Å². The third-order valence-corrected chi connectivity index (χ3v) is 5.87. The van der Waals surface area contributed by atoms with E-state index < -0.39 is 0 Å². The Labute approximate surface area is 192 Å². The number of hydrogen-bond acceptors (Lipinski definition) is 4. The van der Waals surface area contributed by atoms with E-state index >= 15 is 0 Å². The van der Waals surface area contributed by atoms with Gasteiger partial charge in [-0.1, -0.05) is 54.6 Å².